The van der Waals surface area contributed by atoms with Crippen LogP contribution in [0.3, 0.4) is 0 Å². The van der Waals surface area contributed by atoms with Crippen molar-refractivity contribution in [1.29, 1.82) is 0 Å². The first-order valence-electron chi connectivity index (χ1n) is 5.87. The van der Waals surface area contributed by atoms with Crippen LogP contribution >= 0.6 is 0 Å². The third kappa shape index (κ3) is 3.09. The van der Waals surface area contributed by atoms with E-state index < -0.39 is 24.1 Å². The topological polar surface area (TPSA) is 72.9 Å². The summed E-state index contributed by atoms with van der Waals surface area (Å²) in [5, 5.41) is 0.458. The third-order valence-electron chi connectivity index (χ3n) is 2.71. The number of hydrogen-bond donors (Lipinski definition) is 0. The largest absolute Gasteiger partial charge is 0.534 e. The zero-order valence-electron chi connectivity index (χ0n) is 10.4. The monoisotopic (exact) mass is 263 g/mol. The highest BCUT2D eigenvalue weighted by Gasteiger charge is 2.33. The SMILES string of the molecule is C[C@@H](OC(=O)ON1C(=O)CCC1=O)c1ccccc1. The summed E-state index contributed by atoms with van der Waals surface area (Å²) in [6.07, 6.45) is -1.48. The average molecular weight is 263 g/mol. The molecule has 0 spiro atoms. The van der Waals surface area contributed by atoms with E-state index in [2.05, 4.69) is 4.84 Å². The Hall–Kier alpha value is -2.37. The van der Waals surface area contributed by atoms with Crippen molar-refractivity contribution >= 4 is 18.0 Å². The average Bonchev–Trinajstić information content (AvgIpc) is 2.71. The molecule has 1 aliphatic rings. The van der Waals surface area contributed by atoms with Gasteiger partial charge in [-0.3, -0.25) is 14.4 Å². The van der Waals surface area contributed by atoms with E-state index in [4.69, 9.17) is 4.74 Å². The van der Waals surface area contributed by atoms with Gasteiger partial charge in [-0.25, -0.2) is 4.79 Å². The van der Waals surface area contributed by atoms with Gasteiger partial charge in [0.05, 0.1) is 0 Å². The maximum atomic E-state index is 11.5. The molecule has 1 atom stereocenters. The van der Waals surface area contributed by atoms with Crippen LogP contribution in [0.5, 0.6) is 0 Å². The highest BCUT2D eigenvalue weighted by Crippen LogP contribution is 2.18. The summed E-state index contributed by atoms with van der Waals surface area (Å²) in [6.45, 7) is 1.67. The summed E-state index contributed by atoms with van der Waals surface area (Å²) in [4.78, 5) is 38.6. The predicted octanol–water partition coefficient (Wildman–Crippen LogP) is 1.96. The van der Waals surface area contributed by atoms with E-state index in [1.807, 2.05) is 18.2 Å². The smallest absolute Gasteiger partial charge is 0.425 e. The standard InChI is InChI=1S/C13H13NO5/c1-9(10-5-3-2-4-6-10)18-13(17)19-14-11(15)7-8-12(14)16/h2-6,9H,7-8H2,1H3/t9-/m1/s1. The Bertz CT molecular complexity index is 483. The number of carbonyl (C=O) groups excluding carboxylic acids is 3. The molecular formula is C13H13NO5. The molecule has 1 aromatic rings. The number of carbonyl (C=O) groups is 3. The molecule has 0 radical (unpaired) electrons. The molecule has 19 heavy (non-hydrogen) atoms. The number of imide groups is 1. The lowest BCUT2D eigenvalue weighted by atomic mass is 10.1. The molecule has 1 saturated heterocycles. The molecule has 1 fully saturated rings. The van der Waals surface area contributed by atoms with Crippen molar-refractivity contribution in [3.8, 4) is 0 Å². The number of amides is 2. The van der Waals surface area contributed by atoms with Crippen LogP contribution in [0.2, 0.25) is 0 Å². The highest BCUT2D eigenvalue weighted by molar-refractivity contribution is 6.01. The van der Waals surface area contributed by atoms with Gasteiger partial charge in [0.15, 0.2) is 0 Å². The number of ether oxygens (including phenoxy) is 1. The molecule has 6 nitrogen and oxygen atoms in total. The van der Waals surface area contributed by atoms with E-state index in [0.29, 0.717) is 5.06 Å². The summed E-state index contributed by atoms with van der Waals surface area (Å²) < 4.78 is 4.99. The van der Waals surface area contributed by atoms with E-state index in [-0.39, 0.29) is 12.8 Å². The van der Waals surface area contributed by atoms with Gasteiger partial charge < -0.3 is 4.74 Å². The first-order valence-corrected chi connectivity index (χ1v) is 5.87. The Morgan fingerprint density at radius 1 is 1.16 bits per heavy atom. The van der Waals surface area contributed by atoms with Gasteiger partial charge in [-0.2, -0.15) is 0 Å². The summed E-state index contributed by atoms with van der Waals surface area (Å²) in [5.41, 5.74) is 0.790. The van der Waals surface area contributed by atoms with E-state index >= 15 is 0 Å². The zero-order valence-corrected chi connectivity index (χ0v) is 10.4. The first kappa shape index (κ1) is 13.1. The van der Waals surface area contributed by atoms with Crippen LogP contribution in [-0.4, -0.2) is 23.0 Å². The number of hydroxylamine groups is 2. The molecule has 0 aliphatic carbocycles. The second-order valence-corrected chi connectivity index (χ2v) is 4.09. The minimum Gasteiger partial charge on any atom is -0.425 e. The van der Waals surface area contributed by atoms with Crippen LogP contribution in [0, 0.1) is 0 Å². The Balaban J connectivity index is 1.91. The van der Waals surface area contributed by atoms with Crippen molar-refractivity contribution in [3.05, 3.63) is 35.9 Å². The van der Waals surface area contributed by atoms with Gasteiger partial charge in [0.2, 0.25) is 0 Å². The molecule has 1 heterocycles. The lowest BCUT2D eigenvalue weighted by molar-refractivity contribution is -0.178. The molecule has 0 saturated carbocycles. The lowest BCUT2D eigenvalue weighted by Crippen LogP contribution is -2.32. The number of hydrogen-bond acceptors (Lipinski definition) is 5. The van der Waals surface area contributed by atoms with Gasteiger partial charge in [0.1, 0.15) is 6.10 Å². The molecule has 1 aromatic carbocycles. The number of benzene rings is 1. The fourth-order valence-corrected chi connectivity index (χ4v) is 1.69. The summed E-state index contributed by atoms with van der Waals surface area (Å²) in [7, 11) is 0. The summed E-state index contributed by atoms with van der Waals surface area (Å²) in [5.74, 6) is -1.07. The second kappa shape index (κ2) is 5.51. The third-order valence-corrected chi connectivity index (χ3v) is 2.71. The van der Waals surface area contributed by atoms with Crippen LogP contribution in [0.1, 0.15) is 31.4 Å². The van der Waals surface area contributed by atoms with Crippen molar-refractivity contribution in [2.24, 2.45) is 0 Å². The van der Waals surface area contributed by atoms with E-state index in [0.717, 1.165) is 5.56 Å². The van der Waals surface area contributed by atoms with E-state index in [1.54, 1.807) is 19.1 Å². The molecule has 2 amide bonds. The molecule has 0 unspecified atom stereocenters. The van der Waals surface area contributed by atoms with Gasteiger partial charge >= 0.3 is 6.16 Å². The van der Waals surface area contributed by atoms with Crippen molar-refractivity contribution in [3.63, 3.8) is 0 Å². The maximum absolute atomic E-state index is 11.5. The van der Waals surface area contributed by atoms with Gasteiger partial charge in [-0.1, -0.05) is 35.4 Å². The summed E-state index contributed by atoms with van der Waals surface area (Å²) in [6, 6.07) is 9.06. The van der Waals surface area contributed by atoms with Crippen LogP contribution in [0.4, 0.5) is 4.79 Å². The van der Waals surface area contributed by atoms with Crippen molar-refractivity contribution in [2.45, 2.75) is 25.9 Å². The normalized spacial score (nSPS) is 16.4. The zero-order chi connectivity index (χ0) is 13.8. The fourth-order valence-electron chi connectivity index (χ4n) is 1.69. The van der Waals surface area contributed by atoms with Gasteiger partial charge in [0.25, 0.3) is 11.8 Å². The Morgan fingerprint density at radius 2 is 1.74 bits per heavy atom. The first-order chi connectivity index (χ1) is 9.08. The molecule has 100 valence electrons. The maximum Gasteiger partial charge on any atom is 0.534 e. The van der Waals surface area contributed by atoms with Crippen molar-refractivity contribution < 1.29 is 24.0 Å². The molecular weight excluding hydrogens is 250 g/mol. The molecule has 6 heteroatoms. The number of nitrogens with zero attached hydrogens (tertiary/aromatic N) is 1. The van der Waals surface area contributed by atoms with Crippen LogP contribution in [-0.2, 0) is 19.2 Å². The molecule has 1 aliphatic heterocycles. The lowest BCUT2D eigenvalue weighted by Gasteiger charge is -2.16. The summed E-state index contributed by atoms with van der Waals surface area (Å²) >= 11 is 0. The predicted molar refractivity (Wildman–Crippen MR) is 63.5 cm³/mol. The minimum absolute atomic E-state index is 0.0559. The minimum atomic E-state index is -1.07. The van der Waals surface area contributed by atoms with E-state index in [1.165, 1.54) is 0 Å². The molecule has 0 N–H and O–H groups in total. The van der Waals surface area contributed by atoms with Crippen LogP contribution in [0.15, 0.2) is 30.3 Å². The van der Waals surface area contributed by atoms with E-state index in [9.17, 15) is 14.4 Å². The van der Waals surface area contributed by atoms with Gasteiger partial charge in [-0.05, 0) is 12.5 Å². The van der Waals surface area contributed by atoms with Crippen LogP contribution in [0.25, 0.3) is 0 Å². The van der Waals surface area contributed by atoms with Crippen molar-refractivity contribution in [2.75, 3.05) is 0 Å². The molecule has 2 rings (SSSR count). The van der Waals surface area contributed by atoms with Crippen molar-refractivity contribution in [1.82, 2.24) is 5.06 Å². The quantitative estimate of drug-likeness (QED) is 0.615. The Labute approximate surface area is 109 Å². The molecule has 0 bridgehead atoms. The second-order valence-electron chi connectivity index (χ2n) is 4.09. The highest BCUT2D eigenvalue weighted by atomic mass is 16.8. The number of rotatable bonds is 3. The Kier molecular flexibility index (Phi) is 3.79. The molecule has 0 aromatic heterocycles. The van der Waals surface area contributed by atoms with Gasteiger partial charge in [0, 0.05) is 12.8 Å². The Morgan fingerprint density at radius 3 is 2.32 bits per heavy atom. The van der Waals surface area contributed by atoms with Gasteiger partial charge in [-0.15, -0.1) is 0 Å². The van der Waals surface area contributed by atoms with Crippen LogP contribution < -0.4 is 0 Å². The fraction of sp³-hybridized carbons (Fsp3) is 0.308.